The van der Waals surface area contributed by atoms with Crippen molar-refractivity contribution in [2.45, 2.75) is 25.7 Å². The van der Waals surface area contributed by atoms with Crippen molar-refractivity contribution in [1.29, 1.82) is 0 Å². The molecule has 2 aromatic rings. The van der Waals surface area contributed by atoms with Crippen molar-refractivity contribution < 1.29 is 17.9 Å². The third-order valence-corrected chi connectivity index (χ3v) is 6.74. The molecule has 8 nitrogen and oxygen atoms in total. The van der Waals surface area contributed by atoms with Crippen molar-refractivity contribution in [3.63, 3.8) is 0 Å². The van der Waals surface area contributed by atoms with Gasteiger partial charge in [-0.15, -0.1) is 0 Å². The van der Waals surface area contributed by atoms with Crippen molar-refractivity contribution in [1.82, 2.24) is 19.0 Å². The number of carbonyl (C=O) groups is 1. The van der Waals surface area contributed by atoms with Gasteiger partial charge >= 0.3 is 6.09 Å². The zero-order valence-electron chi connectivity index (χ0n) is 15.8. The number of aromatic nitrogens is 2. The molecule has 9 heteroatoms. The average Bonchev–Trinajstić information content (AvgIpc) is 2.97. The largest absolute Gasteiger partial charge is 0.450 e. The lowest BCUT2D eigenvalue weighted by atomic mass is 10.3. The number of ether oxygens (including phenoxy) is 1. The van der Waals surface area contributed by atoms with Crippen LogP contribution in [0.15, 0.2) is 35.2 Å². The van der Waals surface area contributed by atoms with Gasteiger partial charge < -0.3 is 9.64 Å². The van der Waals surface area contributed by atoms with E-state index in [2.05, 4.69) is 5.10 Å². The molecule has 1 aliphatic heterocycles. The Morgan fingerprint density at radius 1 is 1.11 bits per heavy atom. The minimum Gasteiger partial charge on any atom is -0.450 e. The highest BCUT2D eigenvalue weighted by atomic mass is 32.2. The Morgan fingerprint density at radius 3 is 2.33 bits per heavy atom. The predicted octanol–water partition coefficient (Wildman–Crippen LogP) is 1.95. The lowest BCUT2D eigenvalue weighted by Gasteiger charge is -2.33. The van der Waals surface area contributed by atoms with Gasteiger partial charge in [-0.25, -0.2) is 17.9 Å². The molecule has 27 heavy (non-hydrogen) atoms. The predicted molar refractivity (Wildman–Crippen MR) is 100 cm³/mol. The highest BCUT2D eigenvalue weighted by Gasteiger charge is 2.34. The van der Waals surface area contributed by atoms with Gasteiger partial charge in [-0.1, -0.05) is 18.2 Å². The number of para-hydroxylation sites is 1. The highest BCUT2D eigenvalue weighted by Crippen LogP contribution is 2.26. The van der Waals surface area contributed by atoms with Crippen LogP contribution in [0.1, 0.15) is 18.3 Å². The number of nitrogens with zero attached hydrogens (tertiary/aromatic N) is 4. The van der Waals surface area contributed by atoms with Crippen LogP contribution < -0.4 is 0 Å². The lowest BCUT2D eigenvalue weighted by molar-refractivity contribution is 0.0934. The topological polar surface area (TPSA) is 84.7 Å². The van der Waals surface area contributed by atoms with Crippen LogP contribution in [0, 0.1) is 13.8 Å². The van der Waals surface area contributed by atoms with Crippen LogP contribution in [0.3, 0.4) is 0 Å². The number of hydrogen-bond acceptors (Lipinski definition) is 5. The van der Waals surface area contributed by atoms with Gasteiger partial charge in [0.1, 0.15) is 4.90 Å². The zero-order valence-corrected chi connectivity index (χ0v) is 16.6. The fourth-order valence-electron chi connectivity index (χ4n) is 3.28. The summed E-state index contributed by atoms with van der Waals surface area (Å²) in [5.74, 6) is 0. The van der Waals surface area contributed by atoms with Crippen molar-refractivity contribution in [3.05, 3.63) is 41.7 Å². The Hall–Kier alpha value is -2.39. The fraction of sp³-hybridized carbons (Fsp3) is 0.444. The molecule has 1 amide bonds. The lowest BCUT2D eigenvalue weighted by Crippen LogP contribution is -2.50. The third kappa shape index (κ3) is 3.70. The Kier molecular flexibility index (Phi) is 5.52. The van der Waals surface area contributed by atoms with E-state index in [9.17, 15) is 13.2 Å². The molecule has 0 saturated carbocycles. The quantitative estimate of drug-likeness (QED) is 0.794. The molecule has 146 valence electrons. The summed E-state index contributed by atoms with van der Waals surface area (Å²) in [6.45, 7) is 6.59. The number of rotatable bonds is 4. The number of aryl methyl sites for hydroxylation is 1. The van der Waals surface area contributed by atoms with Gasteiger partial charge in [-0.3, -0.25) is 0 Å². The second-order valence-electron chi connectivity index (χ2n) is 6.34. The molecule has 1 saturated heterocycles. The monoisotopic (exact) mass is 392 g/mol. The van der Waals surface area contributed by atoms with Crippen LogP contribution >= 0.6 is 0 Å². The summed E-state index contributed by atoms with van der Waals surface area (Å²) >= 11 is 0. The summed E-state index contributed by atoms with van der Waals surface area (Å²) in [7, 11) is -3.70. The molecule has 1 fully saturated rings. The summed E-state index contributed by atoms with van der Waals surface area (Å²) in [6.07, 6.45) is -0.404. The van der Waals surface area contributed by atoms with E-state index in [1.54, 1.807) is 25.5 Å². The standard InChI is InChI=1S/C18H24N4O4S/c1-4-26-18(23)20-10-12-21(13-11-20)27(24,25)17-14(2)19-22(15(17)3)16-8-6-5-7-9-16/h5-9H,4,10-13H2,1-3H3. The summed E-state index contributed by atoms with van der Waals surface area (Å²) in [6, 6.07) is 9.43. The molecule has 2 heterocycles. The maximum Gasteiger partial charge on any atom is 0.409 e. The molecular formula is C18H24N4O4S. The van der Waals surface area contributed by atoms with Crippen LogP contribution in [0.5, 0.6) is 0 Å². The van der Waals surface area contributed by atoms with Crippen molar-refractivity contribution in [2.24, 2.45) is 0 Å². The fourth-order valence-corrected chi connectivity index (χ4v) is 5.05. The van der Waals surface area contributed by atoms with Gasteiger partial charge in [0.25, 0.3) is 0 Å². The summed E-state index contributed by atoms with van der Waals surface area (Å²) in [5, 5.41) is 4.44. The smallest absolute Gasteiger partial charge is 0.409 e. The molecule has 0 spiro atoms. The van der Waals surface area contributed by atoms with Crippen LogP contribution in [0.4, 0.5) is 4.79 Å². The number of piperazine rings is 1. The zero-order chi connectivity index (χ0) is 19.6. The molecular weight excluding hydrogens is 368 g/mol. The Labute approximate surface area is 159 Å². The number of hydrogen-bond donors (Lipinski definition) is 0. The van der Waals surface area contributed by atoms with Gasteiger partial charge in [0.05, 0.1) is 23.7 Å². The molecule has 0 aliphatic carbocycles. The Balaban J connectivity index is 1.84. The second-order valence-corrected chi connectivity index (χ2v) is 8.21. The molecule has 0 bridgehead atoms. The van der Waals surface area contributed by atoms with E-state index >= 15 is 0 Å². The Morgan fingerprint density at radius 2 is 1.74 bits per heavy atom. The van der Waals surface area contributed by atoms with E-state index in [-0.39, 0.29) is 18.0 Å². The Bertz CT molecular complexity index is 916. The van der Waals surface area contributed by atoms with Crippen LogP contribution in [-0.2, 0) is 14.8 Å². The first-order valence-corrected chi connectivity index (χ1v) is 10.3. The third-order valence-electron chi connectivity index (χ3n) is 4.59. The van der Waals surface area contributed by atoms with Gasteiger partial charge in [0.2, 0.25) is 10.0 Å². The normalized spacial score (nSPS) is 15.7. The molecule has 0 atom stereocenters. The second kappa shape index (κ2) is 7.69. The van der Waals surface area contributed by atoms with E-state index in [1.807, 2.05) is 30.3 Å². The first kappa shape index (κ1) is 19.4. The molecule has 0 N–H and O–H groups in total. The number of sulfonamides is 1. The molecule has 1 aromatic heterocycles. The number of amides is 1. The van der Waals surface area contributed by atoms with E-state index in [1.165, 1.54) is 9.21 Å². The molecule has 1 aromatic carbocycles. The molecule has 1 aliphatic rings. The van der Waals surface area contributed by atoms with Crippen LogP contribution in [-0.4, -0.2) is 66.3 Å². The molecule has 3 rings (SSSR count). The van der Waals surface area contributed by atoms with E-state index < -0.39 is 16.1 Å². The van der Waals surface area contributed by atoms with Gasteiger partial charge in [-0.05, 0) is 32.9 Å². The molecule has 0 unspecified atom stereocenters. The first-order valence-electron chi connectivity index (χ1n) is 8.89. The minimum atomic E-state index is -3.70. The van der Waals surface area contributed by atoms with E-state index in [0.29, 0.717) is 31.1 Å². The van der Waals surface area contributed by atoms with E-state index in [0.717, 1.165) is 5.69 Å². The minimum absolute atomic E-state index is 0.232. The summed E-state index contributed by atoms with van der Waals surface area (Å²) in [5.41, 5.74) is 1.85. The first-order chi connectivity index (χ1) is 12.9. The van der Waals surface area contributed by atoms with Crippen molar-refractivity contribution in [2.75, 3.05) is 32.8 Å². The maximum atomic E-state index is 13.2. The number of carbonyl (C=O) groups excluding carboxylic acids is 1. The average molecular weight is 392 g/mol. The van der Waals surface area contributed by atoms with E-state index in [4.69, 9.17) is 4.74 Å². The summed E-state index contributed by atoms with van der Waals surface area (Å²) < 4.78 is 34.5. The highest BCUT2D eigenvalue weighted by molar-refractivity contribution is 7.89. The van der Waals surface area contributed by atoms with Crippen molar-refractivity contribution >= 4 is 16.1 Å². The maximum absolute atomic E-state index is 13.2. The summed E-state index contributed by atoms with van der Waals surface area (Å²) in [4.78, 5) is 13.6. The van der Waals surface area contributed by atoms with Gasteiger partial charge in [0, 0.05) is 26.2 Å². The SMILES string of the molecule is CCOC(=O)N1CCN(S(=O)(=O)c2c(C)nn(-c3ccccc3)c2C)CC1. The van der Waals surface area contributed by atoms with Crippen molar-refractivity contribution in [3.8, 4) is 5.69 Å². The van der Waals surface area contributed by atoms with Crippen LogP contribution in [0.25, 0.3) is 5.69 Å². The van der Waals surface area contributed by atoms with Gasteiger partial charge in [-0.2, -0.15) is 9.40 Å². The molecule has 0 radical (unpaired) electrons. The van der Waals surface area contributed by atoms with Gasteiger partial charge in [0.15, 0.2) is 0 Å². The van der Waals surface area contributed by atoms with Crippen LogP contribution in [0.2, 0.25) is 0 Å². The number of benzene rings is 1.